The van der Waals surface area contributed by atoms with Crippen molar-refractivity contribution in [2.45, 2.75) is 19.3 Å². The average Bonchev–Trinajstić information content (AvgIpc) is 2.85. The van der Waals surface area contributed by atoms with Crippen LogP contribution in [-0.4, -0.2) is 29.7 Å². The fourth-order valence-corrected chi connectivity index (χ4v) is 2.48. The van der Waals surface area contributed by atoms with Gasteiger partial charge in [-0.1, -0.05) is 18.2 Å². The molecule has 1 aromatic heterocycles. The van der Waals surface area contributed by atoms with E-state index in [9.17, 15) is 9.59 Å². The van der Waals surface area contributed by atoms with Crippen LogP contribution < -0.4 is 0 Å². The predicted molar refractivity (Wildman–Crippen MR) is 71.0 cm³/mol. The molecule has 4 nitrogen and oxygen atoms in total. The third kappa shape index (κ3) is 2.26. The lowest BCUT2D eigenvalue weighted by atomic mass is 10.1. The Morgan fingerprint density at radius 3 is 2.95 bits per heavy atom. The quantitative estimate of drug-likeness (QED) is 0.794. The average molecular weight is 257 g/mol. The molecule has 0 radical (unpaired) electrons. The molecule has 0 saturated carbocycles. The monoisotopic (exact) mass is 257 g/mol. The molecule has 0 spiro atoms. The van der Waals surface area contributed by atoms with Gasteiger partial charge in [-0.05, 0) is 18.9 Å². The van der Waals surface area contributed by atoms with E-state index in [1.807, 2.05) is 24.3 Å². The third-order valence-corrected chi connectivity index (χ3v) is 3.54. The molecule has 4 heteroatoms. The number of nitrogens with zero attached hydrogens (tertiary/aromatic N) is 1. The zero-order chi connectivity index (χ0) is 13.2. The summed E-state index contributed by atoms with van der Waals surface area (Å²) in [6, 6.07) is 7.44. The van der Waals surface area contributed by atoms with Crippen LogP contribution >= 0.6 is 0 Å². The molecule has 3 rings (SSSR count). The fraction of sp³-hybridized carbons (Fsp3) is 0.333. The number of carbonyl (C=O) groups excluding carboxylic acids is 2. The molecule has 1 amide bonds. The van der Waals surface area contributed by atoms with E-state index in [0.29, 0.717) is 24.1 Å². The molecule has 0 N–H and O–H groups in total. The van der Waals surface area contributed by atoms with Gasteiger partial charge in [-0.3, -0.25) is 9.59 Å². The molecule has 1 aliphatic heterocycles. The van der Waals surface area contributed by atoms with Crippen LogP contribution in [0.5, 0.6) is 0 Å². The Hall–Kier alpha value is -2.10. The highest BCUT2D eigenvalue weighted by molar-refractivity contribution is 6.08. The van der Waals surface area contributed by atoms with E-state index in [-0.39, 0.29) is 18.2 Å². The van der Waals surface area contributed by atoms with E-state index < -0.39 is 0 Å². The summed E-state index contributed by atoms with van der Waals surface area (Å²) in [5, 5.41) is 0.817. The lowest BCUT2D eigenvalue weighted by Crippen LogP contribution is -2.38. The molecular formula is C15H15NO3. The van der Waals surface area contributed by atoms with Gasteiger partial charge in [-0.15, -0.1) is 0 Å². The molecule has 1 aromatic carbocycles. The highest BCUT2D eigenvalue weighted by Gasteiger charge is 2.22. The summed E-state index contributed by atoms with van der Waals surface area (Å²) < 4.78 is 5.36. The summed E-state index contributed by atoms with van der Waals surface area (Å²) in [5.74, 6) is 0.0209. The number of hydrogen-bond acceptors (Lipinski definition) is 3. The smallest absolute Gasteiger partial charge is 0.222 e. The molecule has 19 heavy (non-hydrogen) atoms. The number of piperidine rings is 1. The molecule has 0 aliphatic carbocycles. The SMILES string of the molecule is O=C(CN1CCCCC1=O)c1coc2ccccc12. The number of hydrogen-bond donors (Lipinski definition) is 0. The number of likely N-dealkylation sites (tertiary alicyclic amines) is 1. The van der Waals surface area contributed by atoms with Crippen molar-refractivity contribution in [3.8, 4) is 0 Å². The maximum Gasteiger partial charge on any atom is 0.222 e. The number of ketones is 1. The van der Waals surface area contributed by atoms with Crippen LogP contribution in [0.25, 0.3) is 11.0 Å². The van der Waals surface area contributed by atoms with Crippen LogP contribution in [0.1, 0.15) is 29.6 Å². The largest absolute Gasteiger partial charge is 0.464 e. The van der Waals surface area contributed by atoms with E-state index in [1.54, 1.807) is 4.90 Å². The Bertz CT molecular complexity index is 629. The summed E-state index contributed by atoms with van der Waals surface area (Å²) in [7, 11) is 0. The second-order valence-electron chi connectivity index (χ2n) is 4.84. The summed E-state index contributed by atoms with van der Waals surface area (Å²) in [4.78, 5) is 25.6. The fourth-order valence-electron chi connectivity index (χ4n) is 2.48. The summed E-state index contributed by atoms with van der Waals surface area (Å²) in [5.41, 5.74) is 1.27. The standard InChI is InChI=1S/C15H15NO3/c17-13(9-16-8-4-3-7-15(16)18)12-10-19-14-6-2-1-5-11(12)14/h1-2,5-6,10H,3-4,7-9H2. The Kier molecular flexibility index (Phi) is 3.07. The van der Waals surface area contributed by atoms with Crippen molar-refractivity contribution in [3.63, 3.8) is 0 Å². The van der Waals surface area contributed by atoms with E-state index >= 15 is 0 Å². The first-order valence-corrected chi connectivity index (χ1v) is 6.53. The highest BCUT2D eigenvalue weighted by atomic mass is 16.3. The highest BCUT2D eigenvalue weighted by Crippen LogP contribution is 2.22. The van der Waals surface area contributed by atoms with Crippen molar-refractivity contribution in [3.05, 3.63) is 36.1 Å². The van der Waals surface area contributed by atoms with Crippen molar-refractivity contribution in [2.24, 2.45) is 0 Å². The minimum Gasteiger partial charge on any atom is -0.464 e. The topological polar surface area (TPSA) is 50.5 Å². The van der Waals surface area contributed by atoms with Gasteiger partial charge < -0.3 is 9.32 Å². The van der Waals surface area contributed by atoms with Crippen LogP contribution in [0.15, 0.2) is 34.9 Å². The van der Waals surface area contributed by atoms with Crippen LogP contribution in [0.3, 0.4) is 0 Å². The van der Waals surface area contributed by atoms with E-state index in [4.69, 9.17) is 4.42 Å². The Balaban J connectivity index is 1.82. The van der Waals surface area contributed by atoms with Gasteiger partial charge in [0, 0.05) is 18.4 Å². The summed E-state index contributed by atoms with van der Waals surface area (Å²) >= 11 is 0. The minimum absolute atomic E-state index is 0.0554. The first kappa shape index (κ1) is 12.0. The zero-order valence-electron chi connectivity index (χ0n) is 10.6. The van der Waals surface area contributed by atoms with E-state index in [2.05, 4.69) is 0 Å². The van der Waals surface area contributed by atoms with Crippen LogP contribution in [0.4, 0.5) is 0 Å². The van der Waals surface area contributed by atoms with E-state index in [1.165, 1.54) is 6.26 Å². The van der Waals surface area contributed by atoms with E-state index in [0.717, 1.165) is 18.2 Å². The first-order valence-electron chi connectivity index (χ1n) is 6.53. The number of furan rings is 1. The van der Waals surface area contributed by atoms with Crippen molar-refractivity contribution in [1.29, 1.82) is 0 Å². The van der Waals surface area contributed by atoms with Gasteiger partial charge in [0.25, 0.3) is 0 Å². The van der Waals surface area contributed by atoms with Gasteiger partial charge >= 0.3 is 0 Å². The maximum atomic E-state index is 12.3. The number of amides is 1. The second kappa shape index (κ2) is 4.88. The number of fused-ring (bicyclic) bond motifs is 1. The van der Waals surface area contributed by atoms with Crippen molar-refractivity contribution >= 4 is 22.7 Å². The summed E-state index contributed by atoms with van der Waals surface area (Å²) in [6.45, 7) is 0.836. The second-order valence-corrected chi connectivity index (χ2v) is 4.84. The Morgan fingerprint density at radius 1 is 1.26 bits per heavy atom. The van der Waals surface area contributed by atoms with Gasteiger partial charge in [-0.25, -0.2) is 0 Å². The van der Waals surface area contributed by atoms with Crippen molar-refractivity contribution < 1.29 is 14.0 Å². The number of carbonyl (C=O) groups is 2. The van der Waals surface area contributed by atoms with Gasteiger partial charge in [-0.2, -0.15) is 0 Å². The number of Topliss-reactive ketones (excluding diaryl/α,β-unsaturated/α-hetero) is 1. The lowest BCUT2D eigenvalue weighted by Gasteiger charge is -2.25. The number of benzene rings is 1. The van der Waals surface area contributed by atoms with Crippen LogP contribution in [0, 0.1) is 0 Å². The number of rotatable bonds is 3. The maximum absolute atomic E-state index is 12.3. The predicted octanol–water partition coefficient (Wildman–Crippen LogP) is 2.63. The first-order chi connectivity index (χ1) is 9.25. The Morgan fingerprint density at radius 2 is 2.11 bits per heavy atom. The molecule has 98 valence electrons. The van der Waals surface area contributed by atoms with Gasteiger partial charge in [0.15, 0.2) is 5.78 Å². The third-order valence-electron chi connectivity index (χ3n) is 3.54. The van der Waals surface area contributed by atoms with Crippen molar-refractivity contribution in [1.82, 2.24) is 4.90 Å². The molecule has 1 saturated heterocycles. The molecule has 2 heterocycles. The molecule has 2 aromatic rings. The number of para-hydroxylation sites is 1. The normalized spacial score (nSPS) is 16.0. The van der Waals surface area contributed by atoms with Gasteiger partial charge in [0.2, 0.25) is 5.91 Å². The van der Waals surface area contributed by atoms with Gasteiger partial charge in [0.1, 0.15) is 11.8 Å². The molecule has 0 bridgehead atoms. The minimum atomic E-state index is -0.0554. The zero-order valence-corrected chi connectivity index (χ0v) is 10.6. The van der Waals surface area contributed by atoms with Gasteiger partial charge in [0.05, 0.1) is 12.1 Å². The Labute approximate surface area is 111 Å². The van der Waals surface area contributed by atoms with Crippen molar-refractivity contribution in [2.75, 3.05) is 13.1 Å². The molecule has 0 unspecified atom stereocenters. The van der Waals surface area contributed by atoms with Crippen LogP contribution in [0.2, 0.25) is 0 Å². The molecular weight excluding hydrogens is 242 g/mol. The summed E-state index contributed by atoms with van der Waals surface area (Å²) in [6.07, 6.45) is 3.95. The molecule has 1 fully saturated rings. The van der Waals surface area contributed by atoms with Crippen LogP contribution in [-0.2, 0) is 4.79 Å². The lowest BCUT2D eigenvalue weighted by molar-refractivity contribution is -0.132. The molecule has 0 atom stereocenters. The molecule has 1 aliphatic rings.